The Bertz CT molecular complexity index is 292. The van der Waals surface area contributed by atoms with Gasteiger partial charge in [0.05, 0.1) is 12.8 Å². The molecule has 0 aliphatic carbocycles. The van der Waals surface area contributed by atoms with Crippen LogP contribution < -0.4 is 10.5 Å². The average molecular weight is 163 g/mol. The van der Waals surface area contributed by atoms with Crippen LogP contribution in [0, 0.1) is 0 Å². The molecule has 64 valence electrons. The molecule has 0 spiro atoms. The zero-order chi connectivity index (χ0) is 8.97. The molecule has 2 nitrogen and oxygen atoms in total. The monoisotopic (exact) mass is 163 g/mol. The number of benzene rings is 1. The molecule has 2 N–H and O–H groups in total. The van der Waals surface area contributed by atoms with Crippen molar-refractivity contribution in [3.8, 4) is 5.75 Å². The van der Waals surface area contributed by atoms with E-state index in [2.05, 4.69) is 0 Å². The second-order valence-electron chi connectivity index (χ2n) is 2.50. The van der Waals surface area contributed by atoms with Gasteiger partial charge in [-0.1, -0.05) is 18.2 Å². The van der Waals surface area contributed by atoms with Crippen molar-refractivity contribution in [2.75, 3.05) is 12.8 Å². The maximum atomic E-state index is 5.70. The highest BCUT2D eigenvalue weighted by Gasteiger charge is 1.97. The molecule has 12 heavy (non-hydrogen) atoms. The van der Waals surface area contributed by atoms with Crippen LogP contribution in [0.25, 0.3) is 6.08 Å². The van der Waals surface area contributed by atoms with E-state index >= 15 is 0 Å². The minimum Gasteiger partial charge on any atom is -0.495 e. The van der Waals surface area contributed by atoms with Gasteiger partial charge in [-0.3, -0.25) is 0 Å². The molecule has 0 fully saturated rings. The molecule has 0 aromatic heterocycles. The van der Waals surface area contributed by atoms with Gasteiger partial charge in [0.25, 0.3) is 0 Å². The number of nitrogen functional groups attached to an aromatic ring is 1. The van der Waals surface area contributed by atoms with E-state index in [9.17, 15) is 0 Å². The first kappa shape index (κ1) is 8.65. The fraction of sp³-hybridized carbons (Fsp3) is 0.200. The third-order valence-corrected chi connectivity index (χ3v) is 1.61. The summed E-state index contributed by atoms with van der Waals surface area (Å²) in [5, 5.41) is 0. The smallest absolute Gasteiger partial charge is 0.141 e. The van der Waals surface area contributed by atoms with Gasteiger partial charge in [-0.15, -0.1) is 0 Å². The van der Waals surface area contributed by atoms with Crippen molar-refractivity contribution in [2.24, 2.45) is 0 Å². The van der Waals surface area contributed by atoms with Crippen molar-refractivity contribution in [2.45, 2.75) is 6.92 Å². The SMILES string of the molecule is C/C=C/c1ccc(OC)c(N)c1. The number of nitrogens with two attached hydrogens (primary N) is 1. The van der Waals surface area contributed by atoms with Crippen molar-refractivity contribution in [1.82, 2.24) is 0 Å². The first-order valence-electron chi connectivity index (χ1n) is 3.84. The van der Waals surface area contributed by atoms with Crippen LogP contribution >= 0.6 is 0 Å². The molecule has 0 unspecified atom stereocenters. The lowest BCUT2D eigenvalue weighted by Crippen LogP contribution is -1.91. The summed E-state index contributed by atoms with van der Waals surface area (Å²) in [6, 6.07) is 5.72. The topological polar surface area (TPSA) is 35.2 Å². The maximum absolute atomic E-state index is 5.70. The summed E-state index contributed by atoms with van der Waals surface area (Å²) >= 11 is 0. The molecule has 1 aromatic rings. The van der Waals surface area contributed by atoms with Gasteiger partial charge < -0.3 is 10.5 Å². The highest BCUT2D eigenvalue weighted by atomic mass is 16.5. The number of allylic oxidation sites excluding steroid dienone is 1. The van der Waals surface area contributed by atoms with Gasteiger partial charge in [-0.25, -0.2) is 0 Å². The Morgan fingerprint density at radius 1 is 1.42 bits per heavy atom. The highest BCUT2D eigenvalue weighted by molar-refractivity contribution is 5.61. The molecule has 2 heteroatoms. The van der Waals surface area contributed by atoms with Gasteiger partial charge >= 0.3 is 0 Å². The van der Waals surface area contributed by atoms with Gasteiger partial charge in [-0.2, -0.15) is 0 Å². The van der Waals surface area contributed by atoms with E-state index < -0.39 is 0 Å². The Labute approximate surface area is 72.7 Å². The number of anilines is 1. The second-order valence-corrected chi connectivity index (χ2v) is 2.50. The van der Waals surface area contributed by atoms with E-state index in [-0.39, 0.29) is 0 Å². The number of hydrogen-bond donors (Lipinski definition) is 1. The standard InChI is InChI=1S/C10H13NO/c1-3-4-8-5-6-10(12-2)9(11)7-8/h3-7H,11H2,1-2H3/b4-3+. The van der Waals surface area contributed by atoms with Crippen LogP contribution in [-0.4, -0.2) is 7.11 Å². The zero-order valence-corrected chi connectivity index (χ0v) is 7.37. The van der Waals surface area contributed by atoms with Gasteiger partial charge in [0.2, 0.25) is 0 Å². The quantitative estimate of drug-likeness (QED) is 0.679. The van der Waals surface area contributed by atoms with E-state index in [4.69, 9.17) is 10.5 Å². The fourth-order valence-corrected chi connectivity index (χ4v) is 1.05. The average Bonchev–Trinajstić information content (AvgIpc) is 2.05. The number of ether oxygens (including phenoxy) is 1. The maximum Gasteiger partial charge on any atom is 0.141 e. The minimum absolute atomic E-state index is 0.674. The molecule has 0 bridgehead atoms. The van der Waals surface area contributed by atoms with Crippen LogP contribution in [0.15, 0.2) is 24.3 Å². The van der Waals surface area contributed by atoms with Crippen molar-refractivity contribution < 1.29 is 4.74 Å². The van der Waals surface area contributed by atoms with E-state index in [1.807, 2.05) is 37.3 Å². The first-order valence-corrected chi connectivity index (χ1v) is 3.84. The molecule has 1 aromatic carbocycles. The van der Waals surface area contributed by atoms with E-state index in [1.165, 1.54) is 0 Å². The predicted octanol–water partition coefficient (Wildman–Crippen LogP) is 2.31. The number of rotatable bonds is 2. The van der Waals surface area contributed by atoms with Crippen molar-refractivity contribution in [3.63, 3.8) is 0 Å². The Kier molecular flexibility index (Phi) is 2.75. The van der Waals surface area contributed by atoms with Crippen molar-refractivity contribution in [1.29, 1.82) is 0 Å². The first-order chi connectivity index (χ1) is 5.77. The zero-order valence-electron chi connectivity index (χ0n) is 7.37. The Balaban J connectivity index is 3.01. The van der Waals surface area contributed by atoms with Crippen LogP contribution in [0.2, 0.25) is 0 Å². The number of hydrogen-bond acceptors (Lipinski definition) is 2. The van der Waals surface area contributed by atoms with E-state index in [1.54, 1.807) is 7.11 Å². The van der Waals surface area contributed by atoms with Crippen LogP contribution in [-0.2, 0) is 0 Å². The fourth-order valence-electron chi connectivity index (χ4n) is 1.05. The highest BCUT2D eigenvalue weighted by Crippen LogP contribution is 2.22. The van der Waals surface area contributed by atoms with Gasteiger partial charge in [0.15, 0.2) is 0 Å². The van der Waals surface area contributed by atoms with Crippen LogP contribution in [0.5, 0.6) is 5.75 Å². The number of methoxy groups -OCH3 is 1. The Morgan fingerprint density at radius 2 is 2.17 bits per heavy atom. The molecular formula is C10H13NO. The molecule has 0 aliphatic heterocycles. The lowest BCUT2D eigenvalue weighted by molar-refractivity contribution is 0.417. The molecular weight excluding hydrogens is 150 g/mol. The van der Waals surface area contributed by atoms with Gasteiger partial charge in [-0.05, 0) is 24.6 Å². The summed E-state index contributed by atoms with van der Waals surface area (Å²) in [7, 11) is 1.61. The predicted molar refractivity (Wildman–Crippen MR) is 52.1 cm³/mol. The molecule has 0 amide bonds. The van der Waals surface area contributed by atoms with Crippen molar-refractivity contribution >= 4 is 11.8 Å². The summed E-state index contributed by atoms with van der Waals surface area (Å²) in [4.78, 5) is 0. The third kappa shape index (κ3) is 1.78. The molecule has 0 atom stereocenters. The van der Waals surface area contributed by atoms with E-state index in [0.717, 1.165) is 11.3 Å². The van der Waals surface area contributed by atoms with Crippen molar-refractivity contribution in [3.05, 3.63) is 29.8 Å². The third-order valence-electron chi connectivity index (χ3n) is 1.61. The molecule has 0 saturated carbocycles. The largest absolute Gasteiger partial charge is 0.495 e. The summed E-state index contributed by atoms with van der Waals surface area (Å²) in [6.45, 7) is 1.97. The Hall–Kier alpha value is -1.44. The Morgan fingerprint density at radius 3 is 2.67 bits per heavy atom. The summed E-state index contributed by atoms with van der Waals surface area (Å²) in [6.07, 6.45) is 3.97. The summed E-state index contributed by atoms with van der Waals surface area (Å²) in [5.41, 5.74) is 7.47. The van der Waals surface area contributed by atoms with E-state index in [0.29, 0.717) is 5.69 Å². The van der Waals surface area contributed by atoms with Gasteiger partial charge in [0, 0.05) is 0 Å². The minimum atomic E-state index is 0.674. The molecule has 0 heterocycles. The van der Waals surface area contributed by atoms with Crippen LogP contribution in [0.4, 0.5) is 5.69 Å². The van der Waals surface area contributed by atoms with Gasteiger partial charge in [0.1, 0.15) is 5.75 Å². The lowest BCUT2D eigenvalue weighted by atomic mass is 10.2. The normalized spacial score (nSPS) is 10.5. The molecule has 1 rings (SSSR count). The summed E-state index contributed by atoms with van der Waals surface area (Å²) < 4.78 is 5.03. The molecule has 0 saturated heterocycles. The lowest BCUT2D eigenvalue weighted by Gasteiger charge is -2.03. The molecule has 0 radical (unpaired) electrons. The summed E-state index contributed by atoms with van der Waals surface area (Å²) in [5.74, 6) is 0.725. The van der Waals surface area contributed by atoms with Crippen LogP contribution in [0.1, 0.15) is 12.5 Å². The second kappa shape index (κ2) is 3.81. The van der Waals surface area contributed by atoms with Crippen LogP contribution in [0.3, 0.4) is 0 Å². The molecule has 0 aliphatic rings.